The summed E-state index contributed by atoms with van der Waals surface area (Å²) < 4.78 is 10.9. The third-order valence-electron chi connectivity index (χ3n) is 5.01. The number of benzene rings is 1. The monoisotopic (exact) mass is 353 g/mol. The average molecular weight is 353 g/mol. The Balaban J connectivity index is 1.53. The van der Waals surface area contributed by atoms with E-state index in [0.29, 0.717) is 11.7 Å². The fourth-order valence-electron chi connectivity index (χ4n) is 3.64. The molecule has 0 bridgehead atoms. The number of hydrogen-bond acceptors (Lipinski definition) is 5. The van der Waals surface area contributed by atoms with Crippen LogP contribution >= 0.6 is 0 Å². The van der Waals surface area contributed by atoms with Gasteiger partial charge in [-0.25, -0.2) is 0 Å². The molecule has 1 N–H and O–H groups in total. The highest BCUT2D eigenvalue weighted by Crippen LogP contribution is 2.30. The van der Waals surface area contributed by atoms with Crippen molar-refractivity contribution in [3.63, 3.8) is 0 Å². The Morgan fingerprint density at radius 3 is 2.73 bits per heavy atom. The lowest BCUT2D eigenvalue weighted by Crippen LogP contribution is -2.33. The van der Waals surface area contributed by atoms with Crippen LogP contribution in [0.4, 0.5) is 0 Å². The summed E-state index contributed by atoms with van der Waals surface area (Å²) in [4.78, 5) is 16.9. The molecule has 1 aliphatic carbocycles. The highest BCUT2D eigenvalue weighted by Gasteiger charge is 2.25. The van der Waals surface area contributed by atoms with E-state index in [1.54, 1.807) is 13.2 Å². The normalized spacial score (nSPS) is 14.8. The number of aromatic nitrogens is 2. The smallest absolute Gasteiger partial charge is 0.249 e. The number of fused-ring (bicyclic) bond motifs is 2. The molecule has 1 aromatic carbocycles. The number of nitrogens with zero attached hydrogens (tertiary/aromatic N) is 2. The van der Waals surface area contributed by atoms with E-state index >= 15 is 0 Å². The predicted molar refractivity (Wildman–Crippen MR) is 96.7 cm³/mol. The predicted octanol–water partition coefficient (Wildman–Crippen LogP) is 3.67. The van der Waals surface area contributed by atoms with Crippen LogP contribution in [0.2, 0.25) is 0 Å². The Hall–Kier alpha value is -2.63. The minimum Gasteiger partial charge on any atom is -0.464 e. The summed E-state index contributed by atoms with van der Waals surface area (Å²) >= 11 is 0. The second kappa shape index (κ2) is 6.59. The average Bonchev–Trinajstić information content (AvgIpc) is 3.31. The number of rotatable bonds is 5. The van der Waals surface area contributed by atoms with Crippen LogP contribution in [-0.2, 0) is 24.1 Å². The summed E-state index contributed by atoms with van der Waals surface area (Å²) in [5.74, 6) is 1.07. The molecule has 0 saturated heterocycles. The van der Waals surface area contributed by atoms with Crippen LogP contribution in [0.5, 0.6) is 0 Å². The Labute approximate surface area is 152 Å². The van der Waals surface area contributed by atoms with E-state index in [-0.39, 0.29) is 24.3 Å². The Morgan fingerprint density at radius 2 is 2.04 bits per heavy atom. The van der Waals surface area contributed by atoms with Gasteiger partial charge in [0.2, 0.25) is 11.8 Å². The zero-order valence-corrected chi connectivity index (χ0v) is 15.3. The summed E-state index contributed by atoms with van der Waals surface area (Å²) in [5.41, 5.74) is 4.52. The van der Waals surface area contributed by atoms with Crippen LogP contribution in [0, 0.1) is 12.8 Å². The molecular weight excluding hydrogens is 330 g/mol. The molecule has 0 radical (unpaired) electrons. The van der Waals surface area contributed by atoms with Crippen molar-refractivity contribution in [1.82, 2.24) is 15.5 Å². The SMILES string of the molecule is Cc1noc(C(NC(=O)Cc2coc3cc4c(cc23)CCC4)C(C)C)n1. The van der Waals surface area contributed by atoms with Gasteiger partial charge in [0.15, 0.2) is 5.82 Å². The number of carbonyl (C=O) groups excluding carboxylic acids is 1. The number of furan rings is 1. The quantitative estimate of drug-likeness (QED) is 0.757. The molecule has 1 amide bonds. The largest absolute Gasteiger partial charge is 0.464 e. The lowest BCUT2D eigenvalue weighted by Gasteiger charge is -2.18. The Kier molecular flexibility index (Phi) is 4.26. The number of carbonyl (C=O) groups is 1. The maximum atomic E-state index is 12.6. The molecule has 0 spiro atoms. The molecule has 136 valence electrons. The summed E-state index contributed by atoms with van der Waals surface area (Å²) in [6.45, 7) is 5.80. The second-order valence-corrected chi connectivity index (χ2v) is 7.38. The van der Waals surface area contributed by atoms with Crippen LogP contribution in [0.25, 0.3) is 11.0 Å². The van der Waals surface area contributed by atoms with Gasteiger partial charge in [-0.05, 0) is 55.4 Å². The summed E-state index contributed by atoms with van der Waals surface area (Å²) in [5, 5.41) is 7.89. The van der Waals surface area contributed by atoms with E-state index in [4.69, 9.17) is 8.94 Å². The summed E-state index contributed by atoms with van der Waals surface area (Å²) in [6.07, 6.45) is 5.37. The topological polar surface area (TPSA) is 81.2 Å². The van der Waals surface area contributed by atoms with E-state index in [1.807, 2.05) is 13.8 Å². The molecule has 1 atom stereocenters. The standard InChI is InChI=1S/C20H23N3O3/c1-11(2)19(20-21-12(3)23-26-20)22-18(24)9-15-10-25-17-8-14-6-4-5-13(14)7-16(15)17/h7-8,10-11,19H,4-6,9H2,1-3H3,(H,22,24). The van der Waals surface area contributed by atoms with Crippen molar-refractivity contribution in [3.05, 3.63) is 46.8 Å². The number of amides is 1. The van der Waals surface area contributed by atoms with Gasteiger partial charge in [0, 0.05) is 10.9 Å². The highest BCUT2D eigenvalue weighted by molar-refractivity contribution is 5.88. The lowest BCUT2D eigenvalue weighted by atomic mass is 10.0. The van der Waals surface area contributed by atoms with Gasteiger partial charge in [-0.1, -0.05) is 19.0 Å². The zero-order chi connectivity index (χ0) is 18.3. The molecule has 26 heavy (non-hydrogen) atoms. The molecule has 0 fully saturated rings. The van der Waals surface area contributed by atoms with Crippen molar-refractivity contribution in [2.24, 2.45) is 5.92 Å². The first kappa shape index (κ1) is 16.8. The third kappa shape index (κ3) is 3.11. The van der Waals surface area contributed by atoms with Crippen LogP contribution in [0.15, 0.2) is 27.3 Å². The minimum atomic E-state index is -0.300. The number of hydrogen-bond donors (Lipinski definition) is 1. The van der Waals surface area contributed by atoms with Crippen LogP contribution < -0.4 is 5.32 Å². The van der Waals surface area contributed by atoms with Crippen molar-refractivity contribution >= 4 is 16.9 Å². The molecule has 0 saturated carbocycles. The van der Waals surface area contributed by atoms with Gasteiger partial charge in [0.25, 0.3) is 0 Å². The fraction of sp³-hybridized carbons (Fsp3) is 0.450. The first-order chi connectivity index (χ1) is 12.5. The van der Waals surface area contributed by atoms with Gasteiger partial charge in [0.05, 0.1) is 12.7 Å². The molecule has 6 nitrogen and oxygen atoms in total. The Bertz CT molecular complexity index is 955. The van der Waals surface area contributed by atoms with E-state index in [1.165, 1.54) is 17.5 Å². The van der Waals surface area contributed by atoms with Crippen LogP contribution in [0.1, 0.15) is 54.7 Å². The van der Waals surface area contributed by atoms with E-state index in [2.05, 4.69) is 27.6 Å². The van der Waals surface area contributed by atoms with Crippen molar-refractivity contribution in [3.8, 4) is 0 Å². The van der Waals surface area contributed by atoms with E-state index in [9.17, 15) is 4.79 Å². The summed E-state index contributed by atoms with van der Waals surface area (Å²) in [7, 11) is 0. The molecule has 3 aromatic rings. The number of aryl methyl sites for hydroxylation is 3. The van der Waals surface area contributed by atoms with Gasteiger partial charge in [-0.2, -0.15) is 4.98 Å². The van der Waals surface area contributed by atoms with Gasteiger partial charge in [-0.15, -0.1) is 0 Å². The van der Waals surface area contributed by atoms with Crippen molar-refractivity contribution in [1.29, 1.82) is 0 Å². The van der Waals surface area contributed by atoms with Gasteiger partial charge in [0.1, 0.15) is 11.6 Å². The lowest BCUT2D eigenvalue weighted by molar-refractivity contribution is -0.121. The van der Waals surface area contributed by atoms with E-state index in [0.717, 1.165) is 29.4 Å². The van der Waals surface area contributed by atoms with Crippen LogP contribution in [-0.4, -0.2) is 16.0 Å². The molecular formula is C20H23N3O3. The summed E-state index contributed by atoms with van der Waals surface area (Å²) in [6, 6.07) is 4.01. The first-order valence-electron chi connectivity index (χ1n) is 9.12. The molecule has 0 aliphatic heterocycles. The molecule has 2 aromatic heterocycles. The van der Waals surface area contributed by atoms with Gasteiger partial charge < -0.3 is 14.3 Å². The fourth-order valence-corrected chi connectivity index (χ4v) is 3.64. The van der Waals surface area contributed by atoms with E-state index < -0.39 is 0 Å². The zero-order valence-electron chi connectivity index (χ0n) is 15.3. The molecule has 6 heteroatoms. The second-order valence-electron chi connectivity index (χ2n) is 7.38. The molecule has 2 heterocycles. The molecule has 4 rings (SSSR count). The molecule has 1 aliphatic rings. The van der Waals surface area contributed by atoms with Crippen molar-refractivity contribution < 1.29 is 13.7 Å². The van der Waals surface area contributed by atoms with Gasteiger partial charge in [-0.3, -0.25) is 4.79 Å². The maximum absolute atomic E-state index is 12.6. The minimum absolute atomic E-state index is 0.0808. The van der Waals surface area contributed by atoms with Gasteiger partial charge >= 0.3 is 0 Å². The highest BCUT2D eigenvalue weighted by atomic mass is 16.5. The Morgan fingerprint density at radius 1 is 1.27 bits per heavy atom. The molecule has 1 unspecified atom stereocenters. The third-order valence-corrected chi connectivity index (χ3v) is 5.01. The van der Waals surface area contributed by atoms with Crippen molar-refractivity contribution in [2.75, 3.05) is 0 Å². The maximum Gasteiger partial charge on any atom is 0.249 e. The number of nitrogens with one attached hydrogen (secondary N) is 1. The van der Waals surface area contributed by atoms with Crippen LogP contribution in [0.3, 0.4) is 0 Å². The van der Waals surface area contributed by atoms with Crippen molar-refractivity contribution in [2.45, 2.75) is 52.5 Å². The first-order valence-corrected chi connectivity index (χ1v) is 9.12.